The van der Waals surface area contributed by atoms with Gasteiger partial charge >= 0.3 is 0 Å². The predicted molar refractivity (Wildman–Crippen MR) is 64.0 cm³/mol. The zero-order valence-corrected chi connectivity index (χ0v) is 9.93. The normalized spacial score (nSPS) is 10.3. The second kappa shape index (κ2) is 7.01. The Kier molecular flexibility index (Phi) is 5.63. The Morgan fingerprint density at radius 3 is 2.53 bits per heavy atom. The number of benzene rings is 1. The molecule has 0 heterocycles. The van der Waals surface area contributed by atoms with Crippen molar-refractivity contribution < 1.29 is 13.5 Å². The summed E-state index contributed by atoms with van der Waals surface area (Å²) in [5.74, 6) is -1.70. The number of rotatable bonds is 7. The van der Waals surface area contributed by atoms with Crippen molar-refractivity contribution in [3.63, 3.8) is 0 Å². The molecule has 1 aromatic rings. The highest BCUT2D eigenvalue weighted by molar-refractivity contribution is 5.31. The van der Waals surface area contributed by atoms with Crippen LogP contribution in [0, 0.1) is 11.6 Å². The smallest absolute Gasteiger partial charge is 0.191 e. The fourth-order valence-electron chi connectivity index (χ4n) is 1.40. The fraction of sp³-hybridized carbons (Fsp3) is 0.385. The summed E-state index contributed by atoms with van der Waals surface area (Å²) < 4.78 is 31.9. The molecule has 17 heavy (non-hydrogen) atoms. The number of hydrogen-bond acceptors (Lipinski definition) is 2. The molecule has 1 N–H and O–H groups in total. The molecule has 1 rings (SSSR count). The first-order chi connectivity index (χ1) is 8.19. The van der Waals surface area contributed by atoms with E-state index in [0.717, 1.165) is 13.0 Å². The summed E-state index contributed by atoms with van der Waals surface area (Å²) in [4.78, 5) is 0. The van der Waals surface area contributed by atoms with Crippen LogP contribution in [-0.4, -0.2) is 13.2 Å². The molecule has 0 spiro atoms. The molecule has 0 bridgehead atoms. The maximum atomic E-state index is 13.5. The lowest BCUT2D eigenvalue weighted by Gasteiger charge is -2.09. The van der Waals surface area contributed by atoms with Crippen LogP contribution >= 0.6 is 0 Å². The van der Waals surface area contributed by atoms with Crippen molar-refractivity contribution in [2.75, 3.05) is 13.2 Å². The molecule has 0 saturated carbocycles. The first-order valence-electron chi connectivity index (χ1n) is 5.61. The second-order valence-electron chi connectivity index (χ2n) is 3.67. The Labute approximate surface area is 100 Å². The molecular weight excluding hydrogens is 224 g/mol. The quantitative estimate of drug-likeness (QED) is 0.585. The molecule has 0 saturated heterocycles. The highest BCUT2D eigenvalue weighted by Gasteiger charge is 2.11. The van der Waals surface area contributed by atoms with Gasteiger partial charge in [-0.25, -0.2) is 8.78 Å². The fourth-order valence-corrected chi connectivity index (χ4v) is 1.40. The van der Waals surface area contributed by atoms with Gasteiger partial charge in [0.1, 0.15) is 6.61 Å². The monoisotopic (exact) mass is 241 g/mol. The molecule has 1 aromatic carbocycles. The van der Waals surface area contributed by atoms with Crippen molar-refractivity contribution in [3.05, 3.63) is 42.0 Å². The Hall–Kier alpha value is -1.42. The SMILES string of the molecule is C=CCOc1c(F)cc(CNCCC)cc1F. The minimum Gasteiger partial charge on any atom is -0.483 e. The largest absolute Gasteiger partial charge is 0.483 e. The molecule has 0 aromatic heterocycles. The van der Waals surface area contributed by atoms with Crippen LogP contribution in [0.3, 0.4) is 0 Å². The van der Waals surface area contributed by atoms with Gasteiger partial charge in [-0.1, -0.05) is 19.6 Å². The third kappa shape index (κ3) is 4.15. The van der Waals surface area contributed by atoms with E-state index in [1.54, 1.807) is 0 Å². The summed E-state index contributed by atoms with van der Waals surface area (Å²) in [5.41, 5.74) is 0.569. The summed E-state index contributed by atoms with van der Waals surface area (Å²) >= 11 is 0. The number of hydrogen-bond donors (Lipinski definition) is 1. The van der Waals surface area contributed by atoms with Gasteiger partial charge in [-0.2, -0.15) is 0 Å². The molecule has 0 aliphatic heterocycles. The van der Waals surface area contributed by atoms with Crippen LogP contribution in [0.15, 0.2) is 24.8 Å². The number of nitrogens with one attached hydrogen (secondary N) is 1. The van der Waals surface area contributed by atoms with Crippen LogP contribution in [0.2, 0.25) is 0 Å². The first-order valence-corrected chi connectivity index (χ1v) is 5.61. The molecule has 0 aliphatic rings. The number of halogens is 2. The van der Waals surface area contributed by atoms with Crippen LogP contribution in [0.1, 0.15) is 18.9 Å². The maximum absolute atomic E-state index is 13.5. The van der Waals surface area contributed by atoms with Gasteiger partial charge < -0.3 is 10.1 Å². The number of ether oxygens (including phenoxy) is 1. The van der Waals surface area contributed by atoms with Gasteiger partial charge in [0.05, 0.1) is 0 Å². The van der Waals surface area contributed by atoms with E-state index in [2.05, 4.69) is 11.9 Å². The van der Waals surface area contributed by atoms with E-state index in [9.17, 15) is 8.78 Å². The summed E-state index contributed by atoms with van der Waals surface area (Å²) in [6.07, 6.45) is 2.42. The highest BCUT2D eigenvalue weighted by Crippen LogP contribution is 2.23. The topological polar surface area (TPSA) is 21.3 Å². The predicted octanol–water partition coefficient (Wildman–Crippen LogP) is 3.03. The molecule has 2 nitrogen and oxygen atoms in total. The Morgan fingerprint density at radius 2 is 2.00 bits per heavy atom. The Bertz CT molecular complexity index is 357. The molecular formula is C13H17F2NO. The third-order valence-electron chi connectivity index (χ3n) is 2.16. The average molecular weight is 241 g/mol. The van der Waals surface area contributed by atoms with Gasteiger partial charge in [0.15, 0.2) is 17.4 Å². The second-order valence-corrected chi connectivity index (χ2v) is 3.67. The van der Waals surface area contributed by atoms with Crippen LogP contribution < -0.4 is 10.1 Å². The molecule has 0 amide bonds. The molecule has 94 valence electrons. The van der Waals surface area contributed by atoms with E-state index in [1.807, 2.05) is 6.92 Å². The zero-order chi connectivity index (χ0) is 12.7. The summed E-state index contributed by atoms with van der Waals surface area (Å²) in [6.45, 7) is 6.80. The standard InChI is InChI=1S/C13H17F2NO/c1-3-5-16-9-10-7-11(14)13(12(15)8-10)17-6-4-2/h4,7-8,16H,2-3,5-6,9H2,1H3. The van der Waals surface area contributed by atoms with Crippen LogP contribution in [0.4, 0.5) is 8.78 Å². The minimum atomic E-state index is -0.680. The van der Waals surface area contributed by atoms with Crippen molar-refractivity contribution in [1.82, 2.24) is 5.32 Å². The van der Waals surface area contributed by atoms with Crippen molar-refractivity contribution in [2.45, 2.75) is 19.9 Å². The lowest BCUT2D eigenvalue weighted by atomic mass is 10.2. The lowest BCUT2D eigenvalue weighted by molar-refractivity contribution is 0.320. The maximum Gasteiger partial charge on any atom is 0.191 e. The molecule has 0 atom stereocenters. The van der Waals surface area contributed by atoms with Gasteiger partial charge in [-0.05, 0) is 30.7 Å². The third-order valence-corrected chi connectivity index (χ3v) is 2.16. The van der Waals surface area contributed by atoms with E-state index in [0.29, 0.717) is 12.1 Å². The van der Waals surface area contributed by atoms with E-state index >= 15 is 0 Å². The molecule has 0 unspecified atom stereocenters. The van der Waals surface area contributed by atoms with Crippen LogP contribution in [0.25, 0.3) is 0 Å². The van der Waals surface area contributed by atoms with Crippen molar-refractivity contribution in [1.29, 1.82) is 0 Å². The van der Waals surface area contributed by atoms with Gasteiger partial charge in [0.25, 0.3) is 0 Å². The van der Waals surface area contributed by atoms with Gasteiger partial charge in [0.2, 0.25) is 0 Å². The van der Waals surface area contributed by atoms with Gasteiger partial charge in [-0.15, -0.1) is 0 Å². The first kappa shape index (κ1) is 13.6. The van der Waals surface area contributed by atoms with E-state index in [4.69, 9.17) is 4.74 Å². The summed E-state index contributed by atoms with van der Waals surface area (Å²) in [7, 11) is 0. The van der Waals surface area contributed by atoms with Gasteiger partial charge in [-0.3, -0.25) is 0 Å². The van der Waals surface area contributed by atoms with E-state index in [1.165, 1.54) is 18.2 Å². The Balaban J connectivity index is 2.74. The van der Waals surface area contributed by atoms with E-state index < -0.39 is 11.6 Å². The van der Waals surface area contributed by atoms with Crippen molar-refractivity contribution in [3.8, 4) is 5.75 Å². The lowest BCUT2D eigenvalue weighted by Crippen LogP contribution is -2.14. The minimum absolute atomic E-state index is 0.0846. The summed E-state index contributed by atoms with van der Waals surface area (Å²) in [5, 5.41) is 3.08. The Morgan fingerprint density at radius 1 is 1.35 bits per heavy atom. The molecule has 0 fully saturated rings. The van der Waals surface area contributed by atoms with Crippen molar-refractivity contribution in [2.24, 2.45) is 0 Å². The van der Waals surface area contributed by atoms with Crippen LogP contribution in [0.5, 0.6) is 5.75 Å². The molecule has 0 aliphatic carbocycles. The van der Waals surface area contributed by atoms with Crippen molar-refractivity contribution >= 4 is 0 Å². The molecule has 0 radical (unpaired) electrons. The van der Waals surface area contributed by atoms with Crippen LogP contribution in [-0.2, 0) is 6.54 Å². The van der Waals surface area contributed by atoms with Gasteiger partial charge in [0, 0.05) is 6.54 Å². The van der Waals surface area contributed by atoms with E-state index in [-0.39, 0.29) is 12.4 Å². The summed E-state index contributed by atoms with van der Waals surface area (Å²) in [6, 6.07) is 2.56. The average Bonchev–Trinajstić information content (AvgIpc) is 2.28. The molecule has 4 heteroatoms. The zero-order valence-electron chi connectivity index (χ0n) is 9.93. The highest BCUT2D eigenvalue weighted by atomic mass is 19.1.